The van der Waals surface area contributed by atoms with E-state index in [1.165, 1.54) is 5.56 Å². The van der Waals surface area contributed by atoms with Crippen LogP contribution in [-0.2, 0) is 6.42 Å². The molecule has 1 aliphatic heterocycles. The molecule has 100 valence electrons. The van der Waals surface area contributed by atoms with Crippen LogP contribution in [0.4, 0.5) is 0 Å². The summed E-state index contributed by atoms with van der Waals surface area (Å²) >= 11 is 0. The number of aryl methyl sites for hydroxylation is 1. The second-order valence-electron chi connectivity index (χ2n) is 5.84. The van der Waals surface area contributed by atoms with Crippen molar-refractivity contribution in [2.75, 3.05) is 20.7 Å². The topological polar surface area (TPSA) is 32.7 Å². The molecule has 2 rings (SSSR count). The van der Waals surface area contributed by atoms with Crippen LogP contribution in [0.1, 0.15) is 37.4 Å². The molecule has 1 N–H and O–H groups in total. The van der Waals surface area contributed by atoms with Gasteiger partial charge < -0.3 is 9.84 Å². The molecule has 1 atom stereocenters. The van der Waals surface area contributed by atoms with Gasteiger partial charge >= 0.3 is 0 Å². The first-order chi connectivity index (χ1) is 8.39. The van der Waals surface area contributed by atoms with Crippen molar-refractivity contribution < 1.29 is 9.84 Å². The van der Waals surface area contributed by atoms with E-state index in [1.807, 2.05) is 34.0 Å². The van der Waals surface area contributed by atoms with Gasteiger partial charge in [-0.25, -0.2) is 0 Å². The van der Waals surface area contributed by atoms with Crippen LogP contribution in [0, 0.1) is 0 Å². The minimum absolute atomic E-state index is 0.00951. The first-order valence-corrected chi connectivity index (χ1v) is 6.54. The second-order valence-corrected chi connectivity index (χ2v) is 5.84. The van der Waals surface area contributed by atoms with Crippen molar-refractivity contribution in [2.45, 2.75) is 38.3 Å². The summed E-state index contributed by atoms with van der Waals surface area (Å²) in [7, 11) is 4.00. The molecule has 0 aromatic heterocycles. The highest BCUT2D eigenvalue weighted by atomic mass is 16.5. The van der Waals surface area contributed by atoms with E-state index in [4.69, 9.17) is 4.74 Å². The normalized spacial score (nSPS) is 17.2. The summed E-state index contributed by atoms with van der Waals surface area (Å²) in [5.74, 6) is 0.998. The fraction of sp³-hybridized carbons (Fsp3) is 0.600. The zero-order chi connectivity index (χ0) is 13.3. The van der Waals surface area contributed by atoms with Crippen LogP contribution in [0.3, 0.4) is 0 Å². The van der Waals surface area contributed by atoms with Gasteiger partial charge in [-0.3, -0.25) is 4.90 Å². The zero-order valence-corrected chi connectivity index (χ0v) is 11.7. The number of hydrogen-bond donors (Lipinski definition) is 1. The predicted octanol–water partition coefficient (Wildman–Crippen LogP) is 2.39. The third kappa shape index (κ3) is 2.68. The highest BCUT2D eigenvalue weighted by Crippen LogP contribution is 2.34. The average Bonchev–Trinajstić information content (AvgIpc) is 2.26. The molecule has 0 amide bonds. The molecule has 0 bridgehead atoms. The molecular formula is C15H23NO2. The summed E-state index contributed by atoms with van der Waals surface area (Å²) in [6, 6.07) is 6.26. The van der Waals surface area contributed by atoms with Gasteiger partial charge in [0, 0.05) is 0 Å². The van der Waals surface area contributed by atoms with E-state index in [-0.39, 0.29) is 6.04 Å². The lowest BCUT2D eigenvalue weighted by molar-refractivity contribution is -0.00321. The molecular weight excluding hydrogens is 226 g/mol. The molecule has 1 unspecified atom stereocenters. The Morgan fingerprint density at radius 1 is 1.33 bits per heavy atom. The lowest BCUT2D eigenvalue weighted by atomic mass is 9.89. The number of likely N-dealkylation sites (N-methyl/N-ethyl adjacent to an activating group) is 1. The Kier molecular flexibility index (Phi) is 3.64. The third-order valence-corrected chi connectivity index (χ3v) is 3.43. The summed E-state index contributed by atoms with van der Waals surface area (Å²) < 4.78 is 5.63. The van der Waals surface area contributed by atoms with E-state index in [0.717, 1.165) is 30.8 Å². The van der Waals surface area contributed by atoms with Gasteiger partial charge in [0.05, 0.1) is 18.2 Å². The predicted molar refractivity (Wildman–Crippen MR) is 73.0 cm³/mol. The lowest BCUT2D eigenvalue weighted by Gasteiger charge is -2.35. The summed E-state index contributed by atoms with van der Waals surface area (Å²) in [6.07, 6.45) is 2.14. The number of ether oxygens (including phenoxy) is 1. The van der Waals surface area contributed by atoms with Gasteiger partial charge in [0.1, 0.15) is 5.75 Å². The van der Waals surface area contributed by atoms with Gasteiger partial charge in [-0.1, -0.05) is 12.1 Å². The van der Waals surface area contributed by atoms with Crippen LogP contribution < -0.4 is 4.74 Å². The van der Waals surface area contributed by atoms with Crippen LogP contribution in [0.15, 0.2) is 18.2 Å². The smallest absolute Gasteiger partial charge is 0.122 e. The third-order valence-electron chi connectivity index (χ3n) is 3.43. The molecule has 0 aliphatic carbocycles. The largest absolute Gasteiger partial charge is 0.493 e. The Bertz CT molecular complexity index is 421. The Morgan fingerprint density at radius 3 is 2.67 bits per heavy atom. The van der Waals surface area contributed by atoms with Crippen LogP contribution >= 0.6 is 0 Å². The molecule has 1 aliphatic rings. The summed E-state index contributed by atoms with van der Waals surface area (Å²) in [6.45, 7) is 4.52. The summed E-state index contributed by atoms with van der Waals surface area (Å²) in [5.41, 5.74) is 1.64. The fourth-order valence-electron chi connectivity index (χ4n) is 2.89. The van der Waals surface area contributed by atoms with Crippen molar-refractivity contribution in [1.29, 1.82) is 0 Å². The van der Waals surface area contributed by atoms with E-state index in [2.05, 4.69) is 17.0 Å². The number of nitrogens with zero attached hydrogens (tertiary/aromatic N) is 1. The Labute approximate surface area is 109 Å². The highest BCUT2D eigenvalue weighted by molar-refractivity contribution is 5.40. The first-order valence-electron chi connectivity index (χ1n) is 6.54. The molecule has 1 heterocycles. The minimum Gasteiger partial charge on any atom is -0.493 e. The van der Waals surface area contributed by atoms with E-state index in [9.17, 15) is 5.11 Å². The average molecular weight is 249 g/mol. The molecule has 0 spiro atoms. The number of fused-ring (bicyclic) bond motifs is 1. The van der Waals surface area contributed by atoms with Crippen molar-refractivity contribution in [3.63, 3.8) is 0 Å². The number of hydrogen-bond acceptors (Lipinski definition) is 3. The maximum Gasteiger partial charge on any atom is 0.122 e. The highest BCUT2D eigenvalue weighted by Gasteiger charge is 2.30. The number of rotatable bonds is 3. The maximum absolute atomic E-state index is 10.3. The van der Waals surface area contributed by atoms with Crippen molar-refractivity contribution in [3.05, 3.63) is 29.3 Å². The molecule has 0 fully saturated rings. The van der Waals surface area contributed by atoms with Crippen LogP contribution in [-0.4, -0.2) is 36.3 Å². The minimum atomic E-state index is -0.771. The molecule has 0 saturated carbocycles. The van der Waals surface area contributed by atoms with Crippen molar-refractivity contribution in [1.82, 2.24) is 4.90 Å². The van der Waals surface area contributed by atoms with Crippen molar-refractivity contribution in [3.8, 4) is 5.75 Å². The first kappa shape index (κ1) is 13.4. The van der Waals surface area contributed by atoms with E-state index >= 15 is 0 Å². The lowest BCUT2D eigenvalue weighted by Crippen LogP contribution is -2.38. The van der Waals surface area contributed by atoms with Gasteiger partial charge in [0.2, 0.25) is 0 Å². The monoisotopic (exact) mass is 249 g/mol. The number of aliphatic hydroxyl groups is 1. The standard InChI is InChI=1S/C15H23NO2/c1-15(2,17)14(16(3)4)12-7-8-13-11(10-12)6-5-9-18-13/h7-8,10,14,17H,5-6,9H2,1-4H3. The Morgan fingerprint density at radius 2 is 2.06 bits per heavy atom. The summed E-state index contributed by atoms with van der Waals surface area (Å²) in [5, 5.41) is 10.3. The molecule has 1 aromatic carbocycles. The Hall–Kier alpha value is -1.06. The molecule has 18 heavy (non-hydrogen) atoms. The number of benzene rings is 1. The van der Waals surface area contributed by atoms with Gasteiger partial charge in [-0.2, -0.15) is 0 Å². The van der Waals surface area contributed by atoms with Gasteiger partial charge in [0.25, 0.3) is 0 Å². The second kappa shape index (κ2) is 4.90. The quantitative estimate of drug-likeness (QED) is 0.892. The maximum atomic E-state index is 10.3. The molecule has 0 radical (unpaired) electrons. The molecule has 3 nitrogen and oxygen atoms in total. The summed E-state index contributed by atoms with van der Waals surface area (Å²) in [4.78, 5) is 2.06. The van der Waals surface area contributed by atoms with Gasteiger partial charge in [0.15, 0.2) is 0 Å². The van der Waals surface area contributed by atoms with Gasteiger partial charge in [-0.15, -0.1) is 0 Å². The van der Waals surface area contributed by atoms with Crippen LogP contribution in [0.5, 0.6) is 5.75 Å². The van der Waals surface area contributed by atoms with Crippen LogP contribution in [0.25, 0.3) is 0 Å². The van der Waals surface area contributed by atoms with E-state index in [0.29, 0.717) is 0 Å². The van der Waals surface area contributed by atoms with Gasteiger partial charge in [-0.05, 0) is 58.0 Å². The molecule has 3 heteroatoms. The van der Waals surface area contributed by atoms with E-state index < -0.39 is 5.60 Å². The SMILES string of the molecule is CN(C)C(c1ccc2c(c1)CCCO2)C(C)(C)O. The van der Waals surface area contributed by atoms with Crippen molar-refractivity contribution >= 4 is 0 Å². The van der Waals surface area contributed by atoms with E-state index in [1.54, 1.807) is 0 Å². The fourth-order valence-corrected chi connectivity index (χ4v) is 2.89. The van der Waals surface area contributed by atoms with Crippen molar-refractivity contribution in [2.24, 2.45) is 0 Å². The molecule has 0 saturated heterocycles. The molecule has 1 aromatic rings. The van der Waals surface area contributed by atoms with Crippen LogP contribution in [0.2, 0.25) is 0 Å². The Balaban J connectivity index is 2.37. The zero-order valence-electron chi connectivity index (χ0n) is 11.7.